The molecule has 0 aromatic heterocycles. The van der Waals surface area contributed by atoms with Crippen LogP contribution >= 0.6 is 24.0 Å². The van der Waals surface area contributed by atoms with Crippen LogP contribution in [-0.4, -0.2) is 51.1 Å². The van der Waals surface area contributed by atoms with E-state index in [0.29, 0.717) is 18.9 Å². The van der Waals surface area contributed by atoms with Crippen molar-refractivity contribution in [2.45, 2.75) is 25.8 Å². The summed E-state index contributed by atoms with van der Waals surface area (Å²) in [5.74, 6) is 2.38. The lowest BCUT2D eigenvalue weighted by Crippen LogP contribution is -2.45. The van der Waals surface area contributed by atoms with Gasteiger partial charge in [0.25, 0.3) is 0 Å². The van der Waals surface area contributed by atoms with Crippen molar-refractivity contribution in [2.24, 2.45) is 10.9 Å². The molecular formula is C18H29IN4O2. The highest BCUT2D eigenvalue weighted by atomic mass is 127. The van der Waals surface area contributed by atoms with Crippen molar-refractivity contribution in [1.29, 1.82) is 0 Å². The van der Waals surface area contributed by atoms with E-state index in [2.05, 4.69) is 26.6 Å². The van der Waals surface area contributed by atoms with Gasteiger partial charge in [-0.05, 0) is 36.5 Å². The molecule has 1 fully saturated rings. The molecular weight excluding hydrogens is 431 g/mol. The van der Waals surface area contributed by atoms with E-state index in [-0.39, 0.29) is 29.9 Å². The van der Waals surface area contributed by atoms with E-state index < -0.39 is 0 Å². The number of carbonyl (C=O) groups excluding carboxylic acids is 1. The summed E-state index contributed by atoms with van der Waals surface area (Å²) in [5.41, 5.74) is 1.16. The Morgan fingerprint density at radius 2 is 2.08 bits per heavy atom. The Kier molecular flexibility index (Phi) is 9.62. The molecule has 0 aliphatic carbocycles. The number of guanidine groups is 1. The Morgan fingerprint density at radius 1 is 1.36 bits per heavy atom. The molecule has 1 heterocycles. The number of aliphatic imine (C=N–C) groups is 1. The van der Waals surface area contributed by atoms with E-state index in [4.69, 9.17) is 4.74 Å². The van der Waals surface area contributed by atoms with Gasteiger partial charge in [-0.1, -0.05) is 12.1 Å². The molecule has 0 unspecified atom stereocenters. The Labute approximate surface area is 167 Å². The standard InChI is InChI=1S/C18H28N4O2.HI/c1-19-17(23)12-14-7-9-22(10-8-14)18(20-2)21-13-15-5-4-6-16(11-15)24-3;/h4-6,11,14H,7-10,12-13H2,1-3H3,(H,19,23)(H,20,21);1H. The maximum atomic E-state index is 11.5. The van der Waals surface area contributed by atoms with Crippen LogP contribution in [0.2, 0.25) is 0 Å². The van der Waals surface area contributed by atoms with Gasteiger partial charge in [0.15, 0.2) is 5.96 Å². The fourth-order valence-corrected chi connectivity index (χ4v) is 3.01. The molecule has 2 rings (SSSR count). The molecule has 25 heavy (non-hydrogen) atoms. The summed E-state index contributed by atoms with van der Waals surface area (Å²) < 4.78 is 5.26. The molecule has 0 bridgehead atoms. The van der Waals surface area contributed by atoms with Crippen molar-refractivity contribution in [3.05, 3.63) is 29.8 Å². The van der Waals surface area contributed by atoms with E-state index in [1.807, 2.05) is 25.2 Å². The lowest BCUT2D eigenvalue weighted by atomic mass is 9.93. The van der Waals surface area contributed by atoms with E-state index in [9.17, 15) is 4.79 Å². The maximum Gasteiger partial charge on any atom is 0.220 e. The fourth-order valence-electron chi connectivity index (χ4n) is 3.01. The van der Waals surface area contributed by atoms with Crippen molar-refractivity contribution in [1.82, 2.24) is 15.5 Å². The van der Waals surface area contributed by atoms with Gasteiger partial charge in [0.05, 0.1) is 7.11 Å². The van der Waals surface area contributed by atoms with Crippen LogP contribution in [0.5, 0.6) is 5.75 Å². The van der Waals surface area contributed by atoms with Crippen LogP contribution in [0.25, 0.3) is 0 Å². The Morgan fingerprint density at radius 3 is 2.68 bits per heavy atom. The van der Waals surface area contributed by atoms with Crippen molar-refractivity contribution in [3.63, 3.8) is 0 Å². The van der Waals surface area contributed by atoms with Crippen LogP contribution in [0.4, 0.5) is 0 Å². The van der Waals surface area contributed by atoms with Crippen molar-refractivity contribution < 1.29 is 9.53 Å². The predicted octanol–water partition coefficient (Wildman–Crippen LogP) is 2.24. The predicted molar refractivity (Wildman–Crippen MR) is 112 cm³/mol. The van der Waals surface area contributed by atoms with Gasteiger partial charge in [0, 0.05) is 40.2 Å². The highest BCUT2D eigenvalue weighted by Gasteiger charge is 2.22. The van der Waals surface area contributed by atoms with Gasteiger partial charge in [-0.3, -0.25) is 9.79 Å². The van der Waals surface area contributed by atoms with Gasteiger partial charge in [-0.2, -0.15) is 0 Å². The topological polar surface area (TPSA) is 66.0 Å². The quantitative estimate of drug-likeness (QED) is 0.402. The number of nitrogens with one attached hydrogen (secondary N) is 2. The molecule has 7 heteroatoms. The monoisotopic (exact) mass is 460 g/mol. The summed E-state index contributed by atoms with van der Waals surface area (Å²) in [5, 5.41) is 6.12. The van der Waals surface area contributed by atoms with Crippen LogP contribution in [0, 0.1) is 5.92 Å². The smallest absolute Gasteiger partial charge is 0.220 e. The number of halogens is 1. The molecule has 6 nitrogen and oxygen atoms in total. The number of amides is 1. The SMILES string of the molecule is CN=C(NCc1cccc(OC)c1)N1CCC(CC(=O)NC)CC1.I. The van der Waals surface area contributed by atoms with Crippen LogP contribution in [-0.2, 0) is 11.3 Å². The van der Waals surface area contributed by atoms with Crippen LogP contribution in [0.3, 0.4) is 0 Å². The van der Waals surface area contributed by atoms with Gasteiger partial charge >= 0.3 is 0 Å². The average molecular weight is 460 g/mol. The second kappa shape index (κ2) is 11.2. The van der Waals surface area contributed by atoms with Crippen molar-refractivity contribution in [2.75, 3.05) is 34.3 Å². The number of benzene rings is 1. The average Bonchev–Trinajstić information content (AvgIpc) is 2.63. The molecule has 2 N–H and O–H groups in total. The zero-order chi connectivity index (χ0) is 17.4. The maximum absolute atomic E-state index is 11.5. The first-order chi connectivity index (χ1) is 11.7. The Hall–Kier alpha value is -1.51. The summed E-state index contributed by atoms with van der Waals surface area (Å²) in [6.45, 7) is 2.57. The number of ether oxygens (including phenoxy) is 1. The largest absolute Gasteiger partial charge is 0.497 e. The number of nitrogens with zero attached hydrogens (tertiary/aromatic N) is 2. The summed E-state index contributed by atoms with van der Waals surface area (Å²) in [7, 11) is 5.18. The third-order valence-corrected chi connectivity index (χ3v) is 4.46. The zero-order valence-electron chi connectivity index (χ0n) is 15.2. The molecule has 1 amide bonds. The molecule has 1 aliphatic rings. The second-order valence-electron chi connectivity index (χ2n) is 6.06. The van der Waals surface area contributed by atoms with Crippen LogP contribution in [0.1, 0.15) is 24.8 Å². The number of piperidine rings is 1. The fraction of sp³-hybridized carbons (Fsp3) is 0.556. The highest BCUT2D eigenvalue weighted by Crippen LogP contribution is 2.20. The summed E-state index contributed by atoms with van der Waals surface area (Å²) >= 11 is 0. The lowest BCUT2D eigenvalue weighted by Gasteiger charge is -2.34. The molecule has 0 atom stereocenters. The minimum absolute atomic E-state index is 0. The molecule has 1 aliphatic heterocycles. The summed E-state index contributed by atoms with van der Waals surface area (Å²) in [4.78, 5) is 18.1. The number of likely N-dealkylation sites (tertiary alicyclic amines) is 1. The van der Waals surface area contributed by atoms with Crippen molar-refractivity contribution >= 4 is 35.8 Å². The molecule has 0 spiro atoms. The van der Waals surface area contributed by atoms with Gasteiger partial charge in [0.2, 0.25) is 5.91 Å². The normalized spacial score (nSPS) is 15.3. The van der Waals surface area contributed by atoms with E-state index in [1.165, 1.54) is 0 Å². The van der Waals surface area contributed by atoms with Gasteiger partial charge < -0.3 is 20.3 Å². The zero-order valence-corrected chi connectivity index (χ0v) is 17.6. The minimum atomic E-state index is 0. The van der Waals surface area contributed by atoms with Crippen molar-refractivity contribution in [3.8, 4) is 5.75 Å². The molecule has 140 valence electrons. The van der Waals surface area contributed by atoms with Crippen LogP contribution in [0.15, 0.2) is 29.3 Å². The molecule has 1 saturated heterocycles. The third kappa shape index (κ3) is 6.72. The summed E-state index contributed by atoms with van der Waals surface area (Å²) in [6.07, 6.45) is 2.67. The highest BCUT2D eigenvalue weighted by molar-refractivity contribution is 14.0. The first-order valence-corrected chi connectivity index (χ1v) is 8.45. The Balaban J connectivity index is 0.00000312. The molecule has 1 aromatic rings. The number of rotatable bonds is 5. The van der Waals surface area contributed by atoms with Gasteiger partial charge in [-0.15, -0.1) is 24.0 Å². The van der Waals surface area contributed by atoms with E-state index in [1.54, 1.807) is 14.2 Å². The Bertz CT molecular complexity index is 572. The van der Waals surface area contributed by atoms with E-state index in [0.717, 1.165) is 43.2 Å². The number of hydrogen-bond donors (Lipinski definition) is 2. The minimum Gasteiger partial charge on any atom is -0.497 e. The van der Waals surface area contributed by atoms with Gasteiger partial charge in [0.1, 0.15) is 5.75 Å². The summed E-state index contributed by atoms with van der Waals surface area (Å²) in [6, 6.07) is 8.02. The number of carbonyl (C=O) groups is 1. The first-order valence-electron chi connectivity index (χ1n) is 8.45. The van der Waals surface area contributed by atoms with Crippen LogP contribution < -0.4 is 15.4 Å². The number of hydrogen-bond acceptors (Lipinski definition) is 3. The third-order valence-electron chi connectivity index (χ3n) is 4.46. The lowest BCUT2D eigenvalue weighted by molar-refractivity contribution is -0.121. The van der Waals surface area contributed by atoms with E-state index >= 15 is 0 Å². The second-order valence-corrected chi connectivity index (χ2v) is 6.06. The first kappa shape index (κ1) is 21.5. The molecule has 1 aromatic carbocycles. The molecule has 0 saturated carbocycles. The molecule has 0 radical (unpaired) electrons. The number of methoxy groups -OCH3 is 1. The van der Waals surface area contributed by atoms with Gasteiger partial charge in [-0.25, -0.2) is 0 Å².